The Balaban J connectivity index is 2.10. The number of ether oxygens (including phenoxy) is 3. The molecule has 0 saturated heterocycles. The summed E-state index contributed by atoms with van der Waals surface area (Å²) in [6.07, 6.45) is -3.06. The van der Waals surface area contributed by atoms with Crippen molar-refractivity contribution in [3.8, 4) is 34.5 Å². The molecule has 1 aliphatic rings. The summed E-state index contributed by atoms with van der Waals surface area (Å²) in [6.45, 7) is 0. The Morgan fingerprint density at radius 2 is 1.56 bits per heavy atom. The number of aromatic hydroxyl groups is 3. The van der Waals surface area contributed by atoms with Gasteiger partial charge in [0.05, 0.1) is 19.8 Å². The van der Waals surface area contributed by atoms with E-state index in [2.05, 4.69) is 0 Å². The van der Waals surface area contributed by atoms with Gasteiger partial charge in [-0.25, -0.2) is 0 Å². The van der Waals surface area contributed by atoms with Gasteiger partial charge in [0.1, 0.15) is 23.4 Å². The van der Waals surface area contributed by atoms with Crippen LogP contribution in [0, 0.1) is 6.10 Å². The van der Waals surface area contributed by atoms with Crippen LogP contribution in [0.5, 0.6) is 34.5 Å². The molecule has 3 rings (SSSR count). The van der Waals surface area contributed by atoms with E-state index in [0.717, 1.165) is 12.1 Å². The van der Waals surface area contributed by atoms with Gasteiger partial charge >= 0.3 is 0 Å². The van der Waals surface area contributed by atoms with Crippen molar-refractivity contribution in [3.05, 3.63) is 41.5 Å². The summed E-state index contributed by atoms with van der Waals surface area (Å²) in [7, 11) is 2.86. The number of hydrogen-bond acceptors (Lipinski definition) is 8. The van der Waals surface area contributed by atoms with Gasteiger partial charge in [0.2, 0.25) is 0 Å². The van der Waals surface area contributed by atoms with E-state index < -0.39 is 35.6 Å². The molecule has 0 spiro atoms. The Hall–Kier alpha value is -2.84. The lowest BCUT2D eigenvalue weighted by molar-refractivity contribution is 0.00391. The summed E-state index contributed by atoms with van der Waals surface area (Å²) in [6, 6.07) is 5.29. The zero-order valence-corrected chi connectivity index (χ0v) is 13.4. The lowest BCUT2D eigenvalue weighted by atomic mass is 9.91. The number of phenolic OH excluding ortho intramolecular Hbond substituents is 3. The van der Waals surface area contributed by atoms with Gasteiger partial charge in [-0.05, 0) is 12.1 Å². The topological polar surface area (TPSA) is 129 Å². The summed E-state index contributed by atoms with van der Waals surface area (Å²) in [5.74, 6) is -0.977. The molecule has 8 nitrogen and oxygen atoms in total. The first-order chi connectivity index (χ1) is 11.9. The van der Waals surface area contributed by atoms with Crippen molar-refractivity contribution in [1.29, 1.82) is 0 Å². The highest BCUT2D eigenvalue weighted by atomic mass is 16.5. The summed E-state index contributed by atoms with van der Waals surface area (Å²) in [5.41, 5.74) is 0.362. The lowest BCUT2D eigenvalue weighted by Crippen LogP contribution is -2.28. The molecule has 1 radical (unpaired) electrons. The largest absolute Gasteiger partial charge is 0.504 e. The molecule has 2 aromatic rings. The highest BCUT2D eigenvalue weighted by Gasteiger charge is 2.41. The number of hydrogen-bond donors (Lipinski definition) is 5. The normalized spacial score (nSPS) is 19.8. The van der Waals surface area contributed by atoms with Crippen molar-refractivity contribution in [2.24, 2.45) is 0 Å². The quantitative estimate of drug-likeness (QED) is 0.531. The fourth-order valence-corrected chi connectivity index (χ4v) is 2.72. The molecule has 0 aromatic heterocycles. The summed E-state index contributed by atoms with van der Waals surface area (Å²) < 4.78 is 16.1. The minimum atomic E-state index is -1.42. The Morgan fingerprint density at radius 3 is 2.12 bits per heavy atom. The summed E-state index contributed by atoms with van der Waals surface area (Å²) in [4.78, 5) is 0. The maximum absolute atomic E-state index is 10.5. The molecular weight excluding hydrogens is 332 g/mol. The maximum Gasteiger partial charge on any atom is 0.200 e. The monoisotopic (exact) mass is 349 g/mol. The smallest absolute Gasteiger partial charge is 0.200 e. The van der Waals surface area contributed by atoms with Crippen LogP contribution in [-0.2, 0) is 0 Å². The molecular formula is C17H17O8. The first-order valence-electron chi connectivity index (χ1n) is 7.28. The highest BCUT2D eigenvalue weighted by molar-refractivity contribution is 5.57. The molecule has 0 saturated carbocycles. The van der Waals surface area contributed by atoms with Crippen molar-refractivity contribution in [1.82, 2.24) is 0 Å². The minimum Gasteiger partial charge on any atom is -0.504 e. The van der Waals surface area contributed by atoms with Crippen molar-refractivity contribution in [2.75, 3.05) is 14.2 Å². The third kappa shape index (κ3) is 2.75. The molecule has 0 amide bonds. The fourth-order valence-electron chi connectivity index (χ4n) is 2.72. The average molecular weight is 349 g/mol. The van der Waals surface area contributed by atoms with E-state index in [0.29, 0.717) is 5.75 Å². The number of aliphatic hydroxyl groups excluding tert-OH is 2. The molecule has 0 bridgehead atoms. The van der Waals surface area contributed by atoms with Crippen LogP contribution in [0.4, 0.5) is 0 Å². The second-order valence-electron chi connectivity index (χ2n) is 5.47. The number of phenols is 3. The zero-order chi connectivity index (χ0) is 18.3. The number of benzene rings is 2. The van der Waals surface area contributed by atoms with Crippen molar-refractivity contribution in [3.63, 3.8) is 0 Å². The van der Waals surface area contributed by atoms with Crippen molar-refractivity contribution in [2.45, 2.75) is 12.2 Å². The van der Waals surface area contributed by atoms with Crippen LogP contribution < -0.4 is 14.2 Å². The Labute approximate surface area is 143 Å². The second-order valence-corrected chi connectivity index (χ2v) is 5.47. The second kappa shape index (κ2) is 6.23. The standard InChI is InChI=1S/C17H17O8/c1-23-8-5-11(24-2)13-12(6-8)25-17(16(22)15(13)21)7-3-9(18)14(20)10(19)4-7/h3-6,15,17-22H,1-2H3. The van der Waals surface area contributed by atoms with Gasteiger partial charge in [-0.1, -0.05) is 0 Å². The van der Waals surface area contributed by atoms with Crippen LogP contribution in [0.3, 0.4) is 0 Å². The van der Waals surface area contributed by atoms with Crippen LogP contribution in [0.25, 0.3) is 0 Å². The molecule has 1 aliphatic heterocycles. The number of rotatable bonds is 3. The van der Waals surface area contributed by atoms with Gasteiger partial charge in [0.15, 0.2) is 29.5 Å². The Morgan fingerprint density at radius 1 is 0.920 bits per heavy atom. The maximum atomic E-state index is 10.5. The molecule has 0 fully saturated rings. The predicted molar refractivity (Wildman–Crippen MR) is 84.5 cm³/mol. The molecule has 0 aliphatic carbocycles. The highest BCUT2D eigenvalue weighted by Crippen LogP contribution is 2.51. The van der Waals surface area contributed by atoms with Gasteiger partial charge in [-0.3, -0.25) is 0 Å². The van der Waals surface area contributed by atoms with Gasteiger partial charge in [-0.2, -0.15) is 0 Å². The van der Waals surface area contributed by atoms with Gasteiger partial charge in [0, 0.05) is 17.7 Å². The van der Waals surface area contributed by atoms with Crippen LogP contribution in [0.2, 0.25) is 0 Å². The molecule has 2 unspecified atom stereocenters. The lowest BCUT2D eigenvalue weighted by Gasteiger charge is -2.34. The third-order valence-electron chi connectivity index (χ3n) is 4.00. The van der Waals surface area contributed by atoms with Crippen LogP contribution in [0.1, 0.15) is 23.3 Å². The van der Waals surface area contributed by atoms with Gasteiger partial charge in [0.25, 0.3) is 0 Å². The van der Waals surface area contributed by atoms with E-state index in [4.69, 9.17) is 14.2 Å². The third-order valence-corrected chi connectivity index (χ3v) is 4.00. The molecule has 25 heavy (non-hydrogen) atoms. The first-order valence-corrected chi connectivity index (χ1v) is 7.28. The average Bonchev–Trinajstić information content (AvgIpc) is 2.61. The zero-order valence-electron chi connectivity index (χ0n) is 13.4. The molecule has 1 heterocycles. The molecule has 8 heteroatoms. The molecule has 133 valence electrons. The number of fused-ring (bicyclic) bond motifs is 1. The van der Waals surface area contributed by atoms with Gasteiger partial charge < -0.3 is 39.7 Å². The molecule has 2 atom stereocenters. The van der Waals surface area contributed by atoms with E-state index in [-0.39, 0.29) is 22.6 Å². The predicted octanol–water partition coefficient (Wildman–Crippen LogP) is 1.89. The van der Waals surface area contributed by atoms with E-state index in [9.17, 15) is 25.5 Å². The van der Waals surface area contributed by atoms with E-state index in [1.165, 1.54) is 26.4 Å². The van der Waals surface area contributed by atoms with Crippen molar-refractivity contribution >= 4 is 0 Å². The molecule has 5 N–H and O–H groups in total. The minimum absolute atomic E-state index is 0.136. The summed E-state index contributed by atoms with van der Waals surface area (Å²) in [5, 5.41) is 49.6. The van der Waals surface area contributed by atoms with Crippen LogP contribution in [-0.4, -0.2) is 39.8 Å². The fraction of sp³-hybridized carbons (Fsp3) is 0.235. The van der Waals surface area contributed by atoms with E-state index in [1.807, 2.05) is 0 Å². The summed E-state index contributed by atoms with van der Waals surface area (Å²) >= 11 is 0. The Kier molecular flexibility index (Phi) is 4.23. The van der Waals surface area contributed by atoms with Crippen molar-refractivity contribution < 1.29 is 39.7 Å². The molecule has 2 aromatic carbocycles. The number of aliphatic hydroxyl groups is 2. The van der Waals surface area contributed by atoms with Gasteiger partial charge in [-0.15, -0.1) is 0 Å². The van der Waals surface area contributed by atoms with E-state index in [1.54, 1.807) is 0 Å². The van der Waals surface area contributed by atoms with Crippen LogP contribution in [0.15, 0.2) is 24.3 Å². The number of methoxy groups -OCH3 is 2. The Bertz CT molecular complexity index is 780. The first kappa shape index (κ1) is 17.0. The van der Waals surface area contributed by atoms with Crippen LogP contribution >= 0.6 is 0 Å². The SMILES string of the molecule is COc1cc(OC)c2c(c1)OC(c1cc(O)c(O)c(O)c1)[C](O)C2O. The van der Waals surface area contributed by atoms with E-state index >= 15 is 0 Å².